The molecule has 2 aromatic rings. The van der Waals surface area contributed by atoms with Crippen molar-refractivity contribution in [2.24, 2.45) is 13.0 Å². The van der Waals surface area contributed by atoms with Crippen molar-refractivity contribution >= 4 is 11.7 Å². The fourth-order valence-electron chi connectivity index (χ4n) is 2.53. The molecule has 1 amide bonds. The molecule has 22 heavy (non-hydrogen) atoms. The van der Waals surface area contributed by atoms with Gasteiger partial charge < -0.3 is 9.84 Å². The van der Waals surface area contributed by atoms with Crippen LogP contribution in [0, 0.1) is 5.92 Å². The average molecular weight is 304 g/mol. The van der Waals surface area contributed by atoms with Crippen LogP contribution >= 0.6 is 0 Å². The Hall–Kier alpha value is -2.11. The maximum absolute atomic E-state index is 12.4. The Kier molecular flexibility index (Phi) is 5.00. The molecule has 0 aliphatic rings. The standard InChI is InChI=1S/C16H24N4O2/c1-6-12-13(7-2)18-20(5)15(12)17-16(21)14-9-11(22-19-14)8-10(3)4/h9-10H,6-8H2,1-5H3,(H,17,21). The van der Waals surface area contributed by atoms with E-state index in [1.807, 2.05) is 7.05 Å². The minimum atomic E-state index is -0.265. The van der Waals surface area contributed by atoms with Gasteiger partial charge in [-0.05, 0) is 18.8 Å². The lowest BCUT2D eigenvalue weighted by molar-refractivity contribution is 0.101. The lowest BCUT2D eigenvalue weighted by Crippen LogP contribution is -2.16. The molecule has 1 N–H and O–H groups in total. The molecule has 2 aromatic heterocycles. The summed E-state index contributed by atoms with van der Waals surface area (Å²) >= 11 is 0. The second-order valence-corrected chi connectivity index (χ2v) is 5.84. The van der Waals surface area contributed by atoms with Crippen LogP contribution in [-0.2, 0) is 26.3 Å². The van der Waals surface area contributed by atoms with Crippen LogP contribution in [0.1, 0.15) is 55.2 Å². The molecule has 0 unspecified atom stereocenters. The average Bonchev–Trinajstić information content (AvgIpc) is 3.03. The van der Waals surface area contributed by atoms with Crippen molar-refractivity contribution in [2.45, 2.75) is 47.0 Å². The van der Waals surface area contributed by atoms with E-state index in [9.17, 15) is 4.79 Å². The Morgan fingerprint density at radius 3 is 2.68 bits per heavy atom. The van der Waals surface area contributed by atoms with E-state index in [2.05, 4.69) is 43.3 Å². The summed E-state index contributed by atoms with van der Waals surface area (Å²) in [6.07, 6.45) is 2.44. The first-order chi connectivity index (χ1) is 10.5. The molecule has 2 rings (SSSR count). The maximum atomic E-state index is 12.4. The fraction of sp³-hybridized carbons (Fsp3) is 0.562. The number of hydrogen-bond donors (Lipinski definition) is 1. The summed E-state index contributed by atoms with van der Waals surface area (Å²) in [6.45, 7) is 8.31. The molecule has 0 spiro atoms. The second kappa shape index (κ2) is 6.77. The normalized spacial score (nSPS) is 11.2. The number of amides is 1. The number of hydrogen-bond acceptors (Lipinski definition) is 4. The van der Waals surface area contributed by atoms with Crippen molar-refractivity contribution in [1.82, 2.24) is 14.9 Å². The number of aromatic nitrogens is 3. The van der Waals surface area contributed by atoms with Gasteiger partial charge in [-0.1, -0.05) is 32.9 Å². The largest absolute Gasteiger partial charge is 0.361 e. The molecule has 2 heterocycles. The first-order valence-electron chi connectivity index (χ1n) is 7.77. The molecular weight excluding hydrogens is 280 g/mol. The van der Waals surface area contributed by atoms with Crippen LogP contribution < -0.4 is 5.32 Å². The van der Waals surface area contributed by atoms with Crippen molar-refractivity contribution in [3.8, 4) is 0 Å². The number of carbonyl (C=O) groups is 1. The van der Waals surface area contributed by atoms with Crippen LogP contribution in [0.5, 0.6) is 0 Å². The van der Waals surface area contributed by atoms with Gasteiger partial charge in [-0.2, -0.15) is 5.10 Å². The predicted octanol–water partition coefficient (Wildman–Crippen LogP) is 2.98. The van der Waals surface area contributed by atoms with E-state index in [-0.39, 0.29) is 5.91 Å². The molecule has 6 nitrogen and oxygen atoms in total. The summed E-state index contributed by atoms with van der Waals surface area (Å²) in [5.74, 6) is 1.66. The molecule has 0 atom stereocenters. The SMILES string of the molecule is CCc1nn(C)c(NC(=O)c2cc(CC(C)C)on2)c1CC. The van der Waals surface area contributed by atoms with Crippen LogP contribution in [-0.4, -0.2) is 20.8 Å². The number of rotatable bonds is 6. The monoisotopic (exact) mass is 304 g/mol. The Labute approximate surface area is 130 Å². The molecule has 0 aliphatic carbocycles. The van der Waals surface area contributed by atoms with Crippen molar-refractivity contribution in [3.05, 3.63) is 28.8 Å². The fourth-order valence-corrected chi connectivity index (χ4v) is 2.53. The van der Waals surface area contributed by atoms with Crippen LogP contribution in [0.2, 0.25) is 0 Å². The van der Waals surface area contributed by atoms with E-state index in [0.717, 1.165) is 42.1 Å². The minimum Gasteiger partial charge on any atom is -0.361 e. The van der Waals surface area contributed by atoms with Gasteiger partial charge in [-0.15, -0.1) is 0 Å². The highest BCUT2D eigenvalue weighted by molar-refractivity contribution is 6.02. The second-order valence-electron chi connectivity index (χ2n) is 5.84. The summed E-state index contributed by atoms with van der Waals surface area (Å²) in [6, 6.07) is 1.71. The summed E-state index contributed by atoms with van der Waals surface area (Å²) in [7, 11) is 1.83. The minimum absolute atomic E-state index is 0.265. The van der Waals surface area contributed by atoms with Crippen LogP contribution in [0.15, 0.2) is 10.6 Å². The van der Waals surface area contributed by atoms with Gasteiger partial charge >= 0.3 is 0 Å². The van der Waals surface area contributed by atoms with Gasteiger partial charge in [-0.25, -0.2) is 0 Å². The van der Waals surface area contributed by atoms with Crippen LogP contribution in [0.4, 0.5) is 5.82 Å². The molecule has 0 radical (unpaired) electrons. The van der Waals surface area contributed by atoms with E-state index >= 15 is 0 Å². The highest BCUT2D eigenvalue weighted by Gasteiger charge is 2.19. The zero-order valence-electron chi connectivity index (χ0n) is 13.9. The van der Waals surface area contributed by atoms with Gasteiger partial charge in [0.2, 0.25) is 0 Å². The van der Waals surface area contributed by atoms with E-state index in [4.69, 9.17) is 4.52 Å². The summed E-state index contributed by atoms with van der Waals surface area (Å²) in [4.78, 5) is 12.4. The molecule has 120 valence electrons. The predicted molar refractivity (Wildman–Crippen MR) is 85.0 cm³/mol. The van der Waals surface area contributed by atoms with Gasteiger partial charge in [0.15, 0.2) is 5.69 Å². The number of anilines is 1. The first kappa shape index (κ1) is 16.3. The number of aryl methyl sites for hydroxylation is 2. The highest BCUT2D eigenvalue weighted by Crippen LogP contribution is 2.21. The number of nitrogens with zero attached hydrogens (tertiary/aromatic N) is 3. The van der Waals surface area contributed by atoms with Crippen molar-refractivity contribution < 1.29 is 9.32 Å². The molecule has 0 fully saturated rings. The third kappa shape index (κ3) is 3.37. The summed E-state index contributed by atoms with van der Waals surface area (Å²) in [5, 5.41) is 11.2. The van der Waals surface area contributed by atoms with Gasteiger partial charge in [0.25, 0.3) is 5.91 Å². The Bertz CT molecular complexity index is 655. The summed E-state index contributed by atoms with van der Waals surface area (Å²) < 4.78 is 6.93. The Morgan fingerprint density at radius 2 is 2.09 bits per heavy atom. The van der Waals surface area contributed by atoms with E-state index in [0.29, 0.717) is 11.6 Å². The van der Waals surface area contributed by atoms with Crippen LogP contribution in [0.25, 0.3) is 0 Å². The lowest BCUT2D eigenvalue weighted by atomic mass is 10.1. The van der Waals surface area contributed by atoms with E-state index in [1.165, 1.54) is 0 Å². The van der Waals surface area contributed by atoms with Gasteiger partial charge in [0, 0.05) is 25.1 Å². The van der Waals surface area contributed by atoms with Crippen molar-refractivity contribution in [2.75, 3.05) is 5.32 Å². The zero-order chi connectivity index (χ0) is 16.3. The maximum Gasteiger partial charge on any atom is 0.279 e. The molecule has 0 bridgehead atoms. The van der Waals surface area contributed by atoms with Crippen molar-refractivity contribution in [3.63, 3.8) is 0 Å². The van der Waals surface area contributed by atoms with E-state index < -0.39 is 0 Å². The topological polar surface area (TPSA) is 73.0 Å². The molecule has 0 saturated heterocycles. The Morgan fingerprint density at radius 1 is 1.36 bits per heavy atom. The molecular formula is C16H24N4O2. The molecule has 6 heteroatoms. The van der Waals surface area contributed by atoms with Crippen molar-refractivity contribution in [1.29, 1.82) is 0 Å². The molecule has 0 saturated carbocycles. The van der Waals surface area contributed by atoms with Crippen LogP contribution in [0.3, 0.4) is 0 Å². The third-order valence-corrected chi connectivity index (χ3v) is 3.55. The highest BCUT2D eigenvalue weighted by atomic mass is 16.5. The smallest absolute Gasteiger partial charge is 0.279 e. The zero-order valence-corrected chi connectivity index (χ0v) is 13.9. The summed E-state index contributed by atoms with van der Waals surface area (Å²) in [5.41, 5.74) is 2.39. The quantitative estimate of drug-likeness (QED) is 0.890. The molecule has 0 aromatic carbocycles. The molecule has 0 aliphatic heterocycles. The lowest BCUT2D eigenvalue weighted by Gasteiger charge is -2.06. The Balaban J connectivity index is 2.18. The first-order valence-corrected chi connectivity index (χ1v) is 7.77. The van der Waals surface area contributed by atoms with Gasteiger partial charge in [0.05, 0.1) is 5.69 Å². The van der Waals surface area contributed by atoms with E-state index in [1.54, 1.807) is 10.7 Å². The van der Waals surface area contributed by atoms with Gasteiger partial charge in [-0.3, -0.25) is 9.48 Å². The third-order valence-electron chi connectivity index (χ3n) is 3.55. The number of carbonyl (C=O) groups excluding carboxylic acids is 1. The number of nitrogens with one attached hydrogen (secondary N) is 1. The van der Waals surface area contributed by atoms with Gasteiger partial charge in [0.1, 0.15) is 11.6 Å².